The van der Waals surface area contributed by atoms with E-state index in [1.54, 1.807) is 62.5 Å². The van der Waals surface area contributed by atoms with Gasteiger partial charge in [0.1, 0.15) is 11.6 Å². The predicted octanol–water partition coefficient (Wildman–Crippen LogP) is 3.72. The van der Waals surface area contributed by atoms with Crippen LogP contribution in [-0.4, -0.2) is 29.7 Å². The van der Waals surface area contributed by atoms with Gasteiger partial charge >= 0.3 is 18.1 Å². The van der Waals surface area contributed by atoms with Crippen LogP contribution < -0.4 is 5.32 Å². The van der Waals surface area contributed by atoms with Gasteiger partial charge in [-0.05, 0) is 26.3 Å². The summed E-state index contributed by atoms with van der Waals surface area (Å²) in [7, 11) is 0. The van der Waals surface area contributed by atoms with Crippen LogP contribution in [0.25, 0.3) is 6.08 Å². The van der Waals surface area contributed by atoms with Gasteiger partial charge in [-0.15, -0.1) is 0 Å². The number of alkyl halides is 3. The molecule has 1 rings (SSSR count). The fourth-order valence-corrected chi connectivity index (χ4v) is 1.93. The van der Waals surface area contributed by atoms with Crippen molar-refractivity contribution in [1.82, 2.24) is 5.32 Å². The van der Waals surface area contributed by atoms with Crippen molar-refractivity contribution in [2.45, 2.75) is 45.5 Å². The molecule has 1 aromatic rings. The number of hydrogen-bond acceptors (Lipinski definition) is 3. The lowest BCUT2D eigenvalue weighted by Crippen LogP contribution is -2.51. The molecule has 0 spiro atoms. The number of carbonyl (C=O) groups is 2. The molecule has 0 saturated carbocycles. The fourth-order valence-electron chi connectivity index (χ4n) is 1.93. The third-order valence-electron chi connectivity index (χ3n) is 3.12. The van der Waals surface area contributed by atoms with Gasteiger partial charge in [0.05, 0.1) is 0 Å². The molecule has 0 bridgehead atoms. The van der Waals surface area contributed by atoms with Crippen molar-refractivity contribution in [2.24, 2.45) is 5.92 Å². The summed E-state index contributed by atoms with van der Waals surface area (Å²) in [6.07, 6.45) is -1.86. The van der Waals surface area contributed by atoms with E-state index >= 15 is 0 Å². The molecule has 4 nitrogen and oxygen atoms in total. The summed E-state index contributed by atoms with van der Waals surface area (Å²) in [5.41, 5.74) is -0.0688. The van der Waals surface area contributed by atoms with E-state index in [2.05, 4.69) is 0 Å². The van der Waals surface area contributed by atoms with Crippen LogP contribution in [0.1, 0.15) is 33.3 Å². The molecule has 1 aromatic carbocycles. The molecule has 0 heterocycles. The van der Waals surface area contributed by atoms with Gasteiger partial charge in [-0.2, -0.15) is 13.2 Å². The molecule has 0 aliphatic rings. The molecule has 7 heteroatoms. The van der Waals surface area contributed by atoms with Crippen LogP contribution in [0.5, 0.6) is 0 Å². The molecule has 0 aliphatic carbocycles. The average Bonchev–Trinajstić information content (AvgIpc) is 2.48. The molecule has 1 amide bonds. The second-order valence-corrected chi connectivity index (χ2v) is 6.61. The van der Waals surface area contributed by atoms with E-state index in [1.807, 2.05) is 6.07 Å². The van der Waals surface area contributed by atoms with Crippen LogP contribution in [0, 0.1) is 5.92 Å². The van der Waals surface area contributed by atoms with E-state index in [0.717, 1.165) is 5.56 Å². The minimum Gasteiger partial charge on any atom is -0.458 e. The van der Waals surface area contributed by atoms with Gasteiger partial charge in [-0.1, -0.05) is 49.4 Å². The fraction of sp³-hybridized carbons (Fsp3) is 0.444. The summed E-state index contributed by atoms with van der Waals surface area (Å²) in [5.74, 6) is -3.81. The van der Waals surface area contributed by atoms with Crippen molar-refractivity contribution in [3.63, 3.8) is 0 Å². The Morgan fingerprint density at radius 1 is 1.12 bits per heavy atom. The van der Waals surface area contributed by atoms with Gasteiger partial charge in [0.15, 0.2) is 0 Å². The first kappa shape index (κ1) is 20.7. The van der Waals surface area contributed by atoms with E-state index in [0.29, 0.717) is 0 Å². The zero-order valence-electron chi connectivity index (χ0n) is 14.6. The number of rotatable bonds is 5. The van der Waals surface area contributed by atoms with E-state index in [4.69, 9.17) is 4.74 Å². The molecule has 0 saturated heterocycles. The lowest BCUT2D eigenvalue weighted by atomic mass is 9.99. The van der Waals surface area contributed by atoms with Gasteiger partial charge in [0, 0.05) is 5.92 Å². The number of benzene rings is 1. The largest absolute Gasteiger partial charge is 0.471 e. The third-order valence-corrected chi connectivity index (χ3v) is 3.12. The van der Waals surface area contributed by atoms with E-state index in [-0.39, 0.29) is 0 Å². The Balaban J connectivity index is 2.97. The van der Waals surface area contributed by atoms with Crippen LogP contribution in [0.2, 0.25) is 0 Å². The number of hydrogen-bond donors (Lipinski definition) is 1. The normalized spacial score (nSPS) is 14.8. The molecule has 25 heavy (non-hydrogen) atoms. The van der Waals surface area contributed by atoms with Crippen LogP contribution in [-0.2, 0) is 14.3 Å². The van der Waals surface area contributed by atoms with Crippen LogP contribution in [0.15, 0.2) is 36.4 Å². The number of nitrogens with one attached hydrogen (secondary N) is 1. The summed E-state index contributed by atoms with van der Waals surface area (Å²) < 4.78 is 42.8. The molecular formula is C18H22F3NO3. The van der Waals surface area contributed by atoms with Crippen molar-refractivity contribution in [1.29, 1.82) is 0 Å². The highest BCUT2D eigenvalue weighted by atomic mass is 19.4. The molecule has 2 atom stereocenters. The van der Waals surface area contributed by atoms with E-state index in [9.17, 15) is 22.8 Å². The Hall–Kier alpha value is -2.31. The Bertz CT molecular complexity index is 619. The topological polar surface area (TPSA) is 55.4 Å². The third kappa shape index (κ3) is 7.41. The van der Waals surface area contributed by atoms with Crippen LogP contribution in [0.3, 0.4) is 0 Å². The van der Waals surface area contributed by atoms with Gasteiger partial charge in [0.2, 0.25) is 0 Å². The van der Waals surface area contributed by atoms with Gasteiger partial charge < -0.3 is 10.1 Å². The minimum absolute atomic E-state index is 0.707. The smallest absolute Gasteiger partial charge is 0.458 e. The first-order valence-corrected chi connectivity index (χ1v) is 7.74. The van der Waals surface area contributed by atoms with Crippen molar-refractivity contribution in [2.75, 3.05) is 0 Å². The van der Waals surface area contributed by atoms with Crippen molar-refractivity contribution in [3.05, 3.63) is 42.0 Å². The summed E-state index contributed by atoms with van der Waals surface area (Å²) in [4.78, 5) is 23.5. The molecule has 0 aromatic heterocycles. The van der Waals surface area contributed by atoms with E-state index < -0.39 is 35.6 Å². The van der Waals surface area contributed by atoms with Gasteiger partial charge in [-0.3, -0.25) is 4.79 Å². The van der Waals surface area contributed by atoms with Crippen LogP contribution >= 0.6 is 0 Å². The monoisotopic (exact) mass is 357 g/mol. The highest BCUT2D eigenvalue weighted by Crippen LogP contribution is 2.19. The van der Waals surface area contributed by atoms with Crippen molar-refractivity contribution in [3.8, 4) is 0 Å². The highest BCUT2D eigenvalue weighted by molar-refractivity contribution is 5.88. The maximum absolute atomic E-state index is 12.5. The second-order valence-electron chi connectivity index (χ2n) is 6.61. The Kier molecular flexibility index (Phi) is 6.78. The van der Waals surface area contributed by atoms with Crippen molar-refractivity contribution >= 4 is 18.0 Å². The SMILES string of the molecule is C[C@H](/C=C\c1ccccc1)[C@@H](NC(=O)C(F)(F)F)C(=O)OC(C)(C)C. The van der Waals surface area contributed by atoms with Gasteiger partial charge in [0.25, 0.3) is 0 Å². The quantitative estimate of drug-likeness (QED) is 0.817. The maximum Gasteiger partial charge on any atom is 0.471 e. The van der Waals surface area contributed by atoms with E-state index in [1.165, 1.54) is 6.92 Å². The summed E-state index contributed by atoms with van der Waals surface area (Å²) in [6, 6.07) is 7.60. The first-order valence-electron chi connectivity index (χ1n) is 7.74. The number of carbonyl (C=O) groups excluding carboxylic acids is 2. The number of halogens is 3. The number of esters is 1. The summed E-state index contributed by atoms with van der Waals surface area (Å²) in [5, 5.41) is 1.73. The van der Waals surface area contributed by atoms with Crippen LogP contribution in [0.4, 0.5) is 13.2 Å². The minimum atomic E-state index is -5.08. The lowest BCUT2D eigenvalue weighted by Gasteiger charge is -2.27. The molecule has 0 radical (unpaired) electrons. The standard InChI is InChI=1S/C18H22F3NO3/c1-12(10-11-13-8-6-5-7-9-13)14(15(23)25-17(2,3)4)22-16(24)18(19,20)21/h5-12,14H,1-4H3,(H,22,24)/b11-10-/t12-,14-/m1/s1. The first-order chi connectivity index (χ1) is 11.4. The predicted molar refractivity (Wildman–Crippen MR) is 88.5 cm³/mol. The molecular weight excluding hydrogens is 335 g/mol. The molecule has 0 unspecified atom stereocenters. The van der Waals surface area contributed by atoms with Gasteiger partial charge in [-0.25, -0.2) is 4.79 Å². The lowest BCUT2D eigenvalue weighted by molar-refractivity contribution is -0.177. The molecule has 138 valence electrons. The Morgan fingerprint density at radius 2 is 1.68 bits per heavy atom. The maximum atomic E-state index is 12.5. The zero-order valence-corrected chi connectivity index (χ0v) is 14.6. The Labute approximate surface area is 145 Å². The Morgan fingerprint density at radius 3 is 2.16 bits per heavy atom. The van der Waals surface area contributed by atoms with Crippen molar-refractivity contribution < 1.29 is 27.5 Å². The zero-order chi connectivity index (χ0) is 19.3. The molecule has 0 aliphatic heterocycles. The molecule has 0 fully saturated rings. The molecule has 1 N–H and O–H groups in total. The highest BCUT2D eigenvalue weighted by Gasteiger charge is 2.42. The average molecular weight is 357 g/mol. The number of ether oxygens (including phenoxy) is 1. The summed E-state index contributed by atoms with van der Waals surface area (Å²) >= 11 is 0. The number of amides is 1. The second kappa shape index (κ2) is 8.18. The summed E-state index contributed by atoms with van der Waals surface area (Å²) in [6.45, 7) is 6.32.